The molecule has 0 aromatic heterocycles. The van der Waals surface area contributed by atoms with Crippen molar-refractivity contribution in [2.45, 2.75) is 11.5 Å². The van der Waals surface area contributed by atoms with Crippen LogP contribution in [-0.4, -0.2) is 6.47 Å². The lowest BCUT2D eigenvalue weighted by molar-refractivity contribution is -0.129. The van der Waals surface area contributed by atoms with Gasteiger partial charge in [0.1, 0.15) is 6.61 Å². The van der Waals surface area contributed by atoms with E-state index in [4.69, 9.17) is 0 Å². The van der Waals surface area contributed by atoms with Crippen molar-refractivity contribution >= 4 is 28.9 Å². The van der Waals surface area contributed by atoms with E-state index in [1.54, 1.807) is 0 Å². The van der Waals surface area contributed by atoms with Crippen LogP contribution >= 0.6 is 22.5 Å². The van der Waals surface area contributed by atoms with Gasteiger partial charge in [0.2, 0.25) is 0 Å². The first kappa shape index (κ1) is 9.48. The van der Waals surface area contributed by atoms with Crippen LogP contribution in [0.25, 0.3) is 0 Å². The predicted molar refractivity (Wildman–Crippen MR) is 52.1 cm³/mol. The summed E-state index contributed by atoms with van der Waals surface area (Å²) in [5, 5.41) is 0. The molecule has 0 fully saturated rings. The van der Waals surface area contributed by atoms with Crippen LogP contribution in [0.4, 0.5) is 0 Å². The molecule has 0 atom stereocenters. The van der Waals surface area contributed by atoms with Gasteiger partial charge in [0, 0.05) is 10.5 Å². The first-order valence-corrected chi connectivity index (χ1v) is 5.20. The minimum atomic E-state index is 0.313. The van der Waals surface area contributed by atoms with Crippen molar-refractivity contribution < 1.29 is 9.53 Å². The molecular weight excluding hydrogens is 192 g/mol. The monoisotopic (exact) mass is 200 g/mol. The summed E-state index contributed by atoms with van der Waals surface area (Å²) in [5.74, 6) is 0. The summed E-state index contributed by atoms with van der Waals surface area (Å²) in [6, 6.07) is 7.66. The molecule has 4 heteroatoms. The summed E-state index contributed by atoms with van der Waals surface area (Å²) in [5.41, 5.74) is 0.976. The summed E-state index contributed by atoms with van der Waals surface area (Å²) in [6.07, 6.45) is 0. The lowest BCUT2D eigenvalue weighted by Gasteiger charge is -2.03. The average molecular weight is 200 g/mol. The van der Waals surface area contributed by atoms with E-state index in [0.29, 0.717) is 13.1 Å². The van der Waals surface area contributed by atoms with E-state index in [9.17, 15) is 4.79 Å². The molecule has 1 aromatic carbocycles. The van der Waals surface area contributed by atoms with Crippen molar-refractivity contribution in [1.29, 1.82) is 0 Å². The number of carbonyl (C=O) groups is 1. The van der Waals surface area contributed by atoms with Gasteiger partial charge >= 0.3 is 0 Å². The second-order valence-corrected chi connectivity index (χ2v) is 3.28. The van der Waals surface area contributed by atoms with Crippen molar-refractivity contribution in [3.8, 4) is 0 Å². The predicted octanol–water partition coefficient (Wildman–Crippen LogP) is 2.30. The summed E-state index contributed by atoms with van der Waals surface area (Å²) in [4.78, 5) is 10.9. The van der Waals surface area contributed by atoms with Crippen molar-refractivity contribution in [3.63, 3.8) is 0 Å². The highest BCUT2D eigenvalue weighted by atomic mass is 33.1. The molecule has 0 spiro atoms. The van der Waals surface area contributed by atoms with Crippen molar-refractivity contribution in [1.82, 2.24) is 0 Å². The standard InChI is InChI=1S/C8H8O2S2/c9-6-10-5-7-3-1-2-4-8(7)12-11/h1-4,6,11H,5H2. The molecule has 0 bridgehead atoms. The summed E-state index contributed by atoms with van der Waals surface area (Å²) in [7, 11) is 1.34. The Bertz CT molecular complexity index is 263. The number of hydrogen-bond acceptors (Lipinski definition) is 4. The Morgan fingerprint density at radius 3 is 2.92 bits per heavy atom. The molecule has 0 unspecified atom stereocenters. The summed E-state index contributed by atoms with van der Waals surface area (Å²) in [6.45, 7) is 0.757. The maximum atomic E-state index is 9.93. The molecule has 2 nitrogen and oxygen atoms in total. The van der Waals surface area contributed by atoms with E-state index in [2.05, 4.69) is 16.4 Å². The van der Waals surface area contributed by atoms with E-state index in [0.717, 1.165) is 10.5 Å². The lowest BCUT2D eigenvalue weighted by atomic mass is 10.2. The van der Waals surface area contributed by atoms with Crippen LogP contribution in [0.2, 0.25) is 0 Å². The molecule has 0 heterocycles. The molecule has 1 rings (SSSR count). The Balaban J connectivity index is 2.74. The molecule has 0 aliphatic rings. The SMILES string of the molecule is O=COCc1ccccc1SS. The van der Waals surface area contributed by atoms with Crippen LogP contribution in [0.15, 0.2) is 29.2 Å². The second kappa shape index (κ2) is 5.11. The fraction of sp³-hybridized carbons (Fsp3) is 0.125. The molecule has 0 saturated carbocycles. The van der Waals surface area contributed by atoms with Gasteiger partial charge in [0.15, 0.2) is 0 Å². The Kier molecular flexibility index (Phi) is 4.04. The molecule has 0 amide bonds. The lowest BCUT2D eigenvalue weighted by Crippen LogP contribution is -1.91. The number of thiol groups is 1. The normalized spacial score (nSPS) is 9.42. The Morgan fingerprint density at radius 1 is 1.50 bits per heavy atom. The van der Waals surface area contributed by atoms with Crippen LogP contribution < -0.4 is 0 Å². The topological polar surface area (TPSA) is 26.3 Å². The van der Waals surface area contributed by atoms with E-state index >= 15 is 0 Å². The van der Waals surface area contributed by atoms with E-state index in [1.807, 2.05) is 24.3 Å². The first-order valence-electron chi connectivity index (χ1n) is 3.33. The van der Waals surface area contributed by atoms with Gasteiger partial charge in [0.25, 0.3) is 6.47 Å². The quantitative estimate of drug-likeness (QED) is 0.459. The molecule has 0 radical (unpaired) electrons. The molecule has 0 aliphatic heterocycles. The minimum Gasteiger partial charge on any atom is -0.463 e. The molecule has 0 aliphatic carbocycles. The zero-order valence-corrected chi connectivity index (χ0v) is 7.98. The third-order valence-electron chi connectivity index (χ3n) is 1.38. The zero-order valence-electron chi connectivity index (χ0n) is 6.27. The molecule has 0 saturated heterocycles. The highest BCUT2D eigenvalue weighted by Crippen LogP contribution is 2.25. The summed E-state index contributed by atoms with van der Waals surface area (Å²) >= 11 is 4.07. The fourth-order valence-electron chi connectivity index (χ4n) is 0.836. The van der Waals surface area contributed by atoms with Gasteiger partial charge in [-0.1, -0.05) is 29.0 Å². The van der Waals surface area contributed by atoms with Gasteiger partial charge in [-0.15, -0.1) is 11.7 Å². The van der Waals surface area contributed by atoms with Gasteiger partial charge in [-0.25, -0.2) is 0 Å². The van der Waals surface area contributed by atoms with E-state index in [-0.39, 0.29) is 0 Å². The number of ether oxygens (including phenoxy) is 1. The largest absolute Gasteiger partial charge is 0.463 e. The number of benzene rings is 1. The fourth-order valence-corrected chi connectivity index (χ4v) is 1.75. The molecule has 64 valence electrons. The average Bonchev–Trinajstić information content (AvgIpc) is 2.15. The Hall–Kier alpha value is -0.610. The zero-order chi connectivity index (χ0) is 8.81. The maximum Gasteiger partial charge on any atom is 0.293 e. The first-order chi connectivity index (χ1) is 5.88. The van der Waals surface area contributed by atoms with Gasteiger partial charge in [-0.05, 0) is 6.07 Å². The van der Waals surface area contributed by atoms with Crippen LogP contribution in [0.1, 0.15) is 5.56 Å². The van der Waals surface area contributed by atoms with Crippen LogP contribution in [-0.2, 0) is 16.1 Å². The number of carbonyl (C=O) groups excluding carboxylic acids is 1. The van der Waals surface area contributed by atoms with Gasteiger partial charge in [-0.2, -0.15) is 0 Å². The Labute approximate surface area is 80.1 Å². The maximum absolute atomic E-state index is 9.93. The van der Waals surface area contributed by atoms with Gasteiger partial charge < -0.3 is 4.74 Å². The van der Waals surface area contributed by atoms with Gasteiger partial charge in [0.05, 0.1) is 0 Å². The molecule has 12 heavy (non-hydrogen) atoms. The highest BCUT2D eigenvalue weighted by Gasteiger charge is 1.99. The molecule has 0 N–H and O–H groups in total. The highest BCUT2D eigenvalue weighted by molar-refractivity contribution is 8.68. The second-order valence-electron chi connectivity index (χ2n) is 2.11. The van der Waals surface area contributed by atoms with Crippen LogP contribution in [0.3, 0.4) is 0 Å². The van der Waals surface area contributed by atoms with Crippen LogP contribution in [0, 0.1) is 0 Å². The van der Waals surface area contributed by atoms with Crippen molar-refractivity contribution in [2.75, 3.05) is 0 Å². The van der Waals surface area contributed by atoms with E-state index in [1.165, 1.54) is 10.8 Å². The van der Waals surface area contributed by atoms with E-state index < -0.39 is 0 Å². The third-order valence-corrected chi connectivity index (χ3v) is 2.56. The number of hydrogen-bond donors (Lipinski definition) is 1. The van der Waals surface area contributed by atoms with Crippen molar-refractivity contribution in [2.24, 2.45) is 0 Å². The van der Waals surface area contributed by atoms with Crippen LogP contribution in [0.5, 0.6) is 0 Å². The Morgan fingerprint density at radius 2 is 2.25 bits per heavy atom. The van der Waals surface area contributed by atoms with Crippen molar-refractivity contribution in [3.05, 3.63) is 29.8 Å². The molecular formula is C8H8O2S2. The summed E-state index contributed by atoms with van der Waals surface area (Å²) < 4.78 is 4.63. The van der Waals surface area contributed by atoms with Gasteiger partial charge in [-0.3, -0.25) is 4.79 Å². The third kappa shape index (κ3) is 2.46. The smallest absolute Gasteiger partial charge is 0.293 e. The number of rotatable bonds is 4. The molecule has 1 aromatic rings. The minimum absolute atomic E-state index is 0.313.